The second-order valence-corrected chi connectivity index (χ2v) is 6.84. The van der Waals surface area contributed by atoms with E-state index in [1.54, 1.807) is 6.92 Å². The molecule has 0 heterocycles. The van der Waals surface area contributed by atoms with Crippen molar-refractivity contribution in [2.75, 3.05) is 16.4 Å². The summed E-state index contributed by atoms with van der Waals surface area (Å²) in [6, 6.07) is 13.2. The van der Waals surface area contributed by atoms with Crippen LogP contribution in [0.5, 0.6) is 0 Å². The van der Waals surface area contributed by atoms with Gasteiger partial charge in [0, 0.05) is 11.4 Å². The Morgan fingerprint density at radius 3 is 2.44 bits per heavy atom. The smallest absolute Gasteiger partial charge is 0.237 e. The summed E-state index contributed by atoms with van der Waals surface area (Å²) in [6.07, 6.45) is 0.831. The van der Waals surface area contributed by atoms with E-state index in [4.69, 9.17) is 0 Å². The van der Waals surface area contributed by atoms with Crippen LogP contribution in [-0.2, 0) is 16.0 Å². The van der Waals surface area contributed by atoms with Crippen molar-refractivity contribution in [2.24, 2.45) is 0 Å². The lowest BCUT2D eigenvalue weighted by atomic mass is 10.1. The topological polar surface area (TPSA) is 58.2 Å². The van der Waals surface area contributed by atoms with E-state index < -0.39 is 0 Å². The van der Waals surface area contributed by atoms with E-state index in [9.17, 15) is 14.0 Å². The van der Waals surface area contributed by atoms with E-state index in [1.807, 2.05) is 31.2 Å². The van der Waals surface area contributed by atoms with Crippen LogP contribution in [-0.4, -0.2) is 22.8 Å². The number of amides is 2. The fourth-order valence-electron chi connectivity index (χ4n) is 2.19. The molecule has 0 bridgehead atoms. The molecule has 2 N–H and O–H groups in total. The molecule has 2 amide bonds. The van der Waals surface area contributed by atoms with Crippen LogP contribution in [0.15, 0.2) is 48.5 Å². The molecule has 132 valence electrons. The Labute approximate surface area is 151 Å². The third-order valence-electron chi connectivity index (χ3n) is 3.62. The van der Waals surface area contributed by atoms with Gasteiger partial charge in [-0.1, -0.05) is 25.1 Å². The van der Waals surface area contributed by atoms with E-state index in [1.165, 1.54) is 36.0 Å². The van der Waals surface area contributed by atoms with Crippen LogP contribution in [0.3, 0.4) is 0 Å². The summed E-state index contributed by atoms with van der Waals surface area (Å²) in [7, 11) is 0. The first-order valence-corrected chi connectivity index (χ1v) is 9.10. The Morgan fingerprint density at radius 2 is 1.76 bits per heavy atom. The minimum absolute atomic E-state index is 0.138. The highest BCUT2D eigenvalue weighted by molar-refractivity contribution is 8.01. The maximum absolute atomic E-state index is 12.8. The molecular formula is C19H21FN2O2S. The average molecular weight is 360 g/mol. The number of carbonyl (C=O) groups excluding carboxylic acids is 2. The molecule has 0 aromatic heterocycles. The molecule has 2 rings (SSSR count). The number of benzene rings is 2. The molecule has 0 unspecified atom stereocenters. The molecule has 0 aliphatic heterocycles. The molecule has 4 nitrogen and oxygen atoms in total. The second kappa shape index (κ2) is 9.22. The van der Waals surface area contributed by atoms with Crippen LogP contribution in [0.4, 0.5) is 15.8 Å². The number of aryl methyl sites for hydroxylation is 1. The summed E-state index contributed by atoms with van der Waals surface area (Å²) in [4.78, 5) is 24.2. The molecule has 0 spiro atoms. The van der Waals surface area contributed by atoms with Gasteiger partial charge in [-0.2, -0.15) is 0 Å². The zero-order valence-corrected chi connectivity index (χ0v) is 15.0. The van der Waals surface area contributed by atoms with E-state index in [2.05, 4.69) is 10.6 Å². The van der Waals surface area contributed by atoms with Crippen LogP contribution < -0.4 is 10.6 Å². The lowest BCUT2D eigenvalue weighted by molar-refractivity contribution is -0.115. The SMILES string of the molecule is CCc1ccccc1NC(=O)[C@H](C)SCC(=O)Nc1ccc(F)cc1. The van der Waals surface area contributed by atoms with Gasteiger partial charge in [0.2, 0.25) is 11.8 Å². The van der Waals surface area contributed by atoms with Crippen molar-refractivity contribution in [3.05, 3.63) is 59.9 Å². The summed E-state index contributed by atoms with van der Waals surface area (Å²) in [5.74, 6) is -0.586. The van der Waals surface area contributed by atoms with Crippen molar-refractivity contribution in [3.8, 4) is 0 Å². The first-order valence-electron chi connectivity index (χ1n) is 8.05. The maximum atomic E-state index is 12.8. The summed E-state index contributed by atoms with van der Waals surface area (Å²) >= 11 is 1.25. The van der Waals surface area contributed by atoms with Crippen molar-refractivity contribution >= 4 is 35.0 Å². The lowest BCUT2D eigenvalue weighted by Crippen LogP contribution is -2.25. The number of thioether (sulfide) groups is 1. The predicted octanol–water partition coefficient (Wildman–Crippen LogP) is 4.09. The number of hydrogen-bond acceptors (Lipinski definition) is 3. The minimum Gasteiger partial charge on any atom is -0.325 e. The number of hydrogen-bond donors (Lipinski definition) is 2. The molecule has 0 radical (unpaired) electrons. The number of carbonyl (C=O) groups is 2. The fraction of sp³-hybridized carbons (Fsp3) is 0.263. The molecular weight excluding hydrogens is 339 g/mol. The zero-order chi connectivity index (χ0) is 18.2. The molecule has 2 aromatic carbocycles. The van der Waals surface area contributed by atoms with Crippen LogP contribution >= 0.6 is 11.8 Å². The Bertz CT molecular complexity index is 734. The van der Waals surface area contributed by atoms with Gasteiger partial charge in [-0.05, 0) is 49.2 Å². The predicted molar refractivity (Wildman–Crippen MR) is 101 cm³/mol. The largest absolute Gasteiger partial charge is 0.325 e. The molecule has 0 saturated heterocycles. The van der Waals surface area contributed by atoms with Gasteiger partial charge in [-0.15, -0.1) is 11.8 Å². The molecule has 6 heteroatoms. The minimum atomic E-state index is -0.371. The Morgan fingerprint density at radius 1 is 1.08 bits per heavy atom. The number of anilines is 2. The van der Waals surface area contributed by atoms with Crippen molar-refractivity contribution < 1.29 is 14.0 Å². The second-order valence-electron chi connectivity index (χ2n) is 5.51. The maximum Gasteiger partial charge on any atom is 0.237 e. The van der Waals surface area contributed by atoms with E-state index in [-0.39, 0.29) is 28.6 Å². The molecule has 0 saturated carbocycles. The molecule has 0 aliphatic rings. The summed E-state index contributed by atoms with van der Waals surface area (Å²) in [5.41, 5.74) is 2.40. The Balaban J connectivity index is 1.82. The van der Waals surface area contributed by atoms with Crippen LogP contribution in [0.2, 0.25) is 0 Å². The zero-order valence-electron chi connectivity index (χ0n) is 14.2. The highest BCUT2D eigenvalue weighted by Gasteiger charge is 2.16. The summed E-state index contributed by atoms with van der Waals surface area (Å²) < 4.78 is 12.8. The monoisotopic (exact) mass is 360 g/mol. The number of halogens is 1. The Kier molecular flexibility index (Phi) is 7.01. The molecule has 1 atom stereocenters. The lowest BCUT2D eigenvalue weighted by Gasteiger charge is -2.14. The summed E-state index contributed by atoms with van der Waals surface area (Å²) in [5, 5.41) is 5.21. The van der Waals surface area contributed by atoms with Gasteiger partial charge in [0.05, 0.1) is 11.0 Å². The number of para-hydroxylation sites is 1. The summed E-state index contributed by atoms with van der Waals surface area (Å²) in [6.45, 7) is 3.79. The van der Waals surface area contributed by atoms with Gasteiger partial charge in [0.15, 0.2) is 0 Å². The van der Waals surface area contributed by atoms with Gasteiger partial charge >= 0.3 is 0 Å². The normalized spacial score (nSPS) is 11.6. The van der Waals surface area contributed by atoms with Gasteiger partial charge in [-0.25, -0.2) is 4.39 Å². The average Bonchev–Trinajstić information content (AvgIpc) is 2.62. The highest BCUT2D eigenvalue weighted by atomic mass is 32.2. The highest BCUT2D eigenvalue weighted by Crippen LogP contribution is 2.19. The van der Waals surface area contributed by atoms with Gasteiger partial charge in [0.1, 0.15) is 5.82 Å². The quantitative estimate of drug-likeness (QED) is 0.782. The standard InChI is InChI=1S/C19H21FN2O2S/c1-3-14-6-4-5-7-17(14)22-19(24)13(2)25-12-18(23)21-16-10-8-15(20)9-11-16/h4-11,13H,3,12H2,1-2H3,(H,21,23)(H,22,24)/t13-/m0/s1. The number of nitrogens with one attached hydrogen (secondary N) is 2. The van der Waals surface area contributed by atoms with Crippen molar-refractivity contribution in [1.29, 1.82) is 0 Å². The van der Waals surface area contributed by atoms with Gasteiger partial charge < -0.3 is 10.6 Å². The first-order chi connectivity index (χ1) is 12.0. The van der Waals surface area contributed by atoms with Crippen LogP contribution in [0.1, 0.15) is 19.4 Å². The van der Waals surface area contributed by atoms with Crippen LogP contribution in [0, 0.1) is 5.82 Å². The third kappa shape index (κ3) is 5.90. The van der Waals surface area contributed by atoms with Crippen molar-refractivity contribution in [3.63, 3.8) is 0 Å². The van der Waals surface area contributed by atoms with Crippen molar-refractivity contribution in [1.82, 2.24) is 0 Å². The molecule has 0 fully saturated rings. The van der Waals surface area contributed by atoms with Crippen LogP contribution in [0.25, 0.3) is 0 Å². The fourth-order valence-corrected chi connectivity index (χ4v) is 2.88. The first kappa shape index (κ1) is 19.0. The third-order valence-corrected chi connectivity index (χ3v) is 4.76. The van der Waals surface area contributed by atoms with E-state index >= 15 is 0 Å². The van der Waals surface area contributed by atoms with E-state index in [0.29, 0.717) is 5.69 Å². The van der Waals surface area contributed by atoms with Gasteiger partial charge in [-0.3, -0.25) is 9.59 Å². The molecule has 0 aliphatic carbocycles. The molecule has 25 heavy (non-hydrogen) atoms. The van der Waals surface area contributed by atoms with E-state index in [0.717, 1.165) is 17.7 Å². The number of rotatable bonds is 7. The molecule has 2 aromatic rings. The van der Waals surface area contributed by atoms with Crippen molar-refractivity contribution in [2.45, 2.75) is 25.5 Å². The van der Waals surface area contributed by atoms with Gasteiger partial charge in [0.25, 0.3) is 0 Å². The Hall–Kier alpha value is -2.34.